The van der Waals surface area contributed by atoms with Crippen LogP contribution in [0.15, 0.2) is 21.5 Å². The summed E-state index contributed by atoms with van der Waals surface area (Å²) in [6.45, 7) is 1.37. The number of hydrogen-bond acceptors (Lipinski definition) is 4. The van der Waals surface area contributed by atoms with Crippen LogP contribution in [0.25, 0.3) is 0 Å². The number of unbranched alkanes of at least 4 members (excludes halogenated alkanes) is 2. The van der Waals surface area contributed by atoms with Crippen molar-refractivity contribution in [2.75, 3.05) is 18.5 Å². The predicted molar refractivity (Wildman–Crippen MR) is 85.4 cm³/mol. The minimum Gasteiger partial charge on any atom is -0.487 e. The van der Waals surface area contributed by atoms with Gasteiger partial charge in [0.25, 0.3) is 0 Å². The molecule has 0 N–H and O–H groups in total. The Labute approximate surface area is 134 Å². The Kier molecular flexibility index (Phi) is 7.30. The van der Waals surface area contributed by atoms with Crippen LogP contribution in [0.2, 0.25) is 0 Å². The van der Waals surface area contributed by atoms with Gasteiger partial charge in [0.15, 0.2) is 0 Å². The molecule has 1 aliphatic rings. The fourth-order valence-electron chi connectivity index (χ4n) is 2.40. The average molecular weight is 359 g/mol. The number of hydrogen-bond donors (Lipinski definition) is 0. The Hall–Kier alpha value is -0.810. The highest BCUT2D eigenvalue weighted by atomic mass is 79.9. The molecule has 1 aliphatic heterocycles. The summed E-state index contributed by atoms with van der Waals surface area (Å²) in [6, 6.07) is 1.53. The van der Waals surface area contributed by atoms with Gasteiger partial charge in [-0.3, -0.25) is 4.79 Å². The van der Waals surface area contributed by atoms with E-state index in [2.05, 4.69) is 15.9 Å². The van der Waals surface area contributed by atoms with Gasteiger partial charge >= 0.3 is 0 Å². The van der Waals surface area contributed by atoms with E-state index in [0.717, 1.165) is 44.0 Å². The lowest BCUT2D eigenvalue weighted by molar-refractivity contribution is 0.0136. The molecule has 2 heterocycles. The van der Waals surface area contributed by atoms with Crippen molar-refractivity contribution in [3.05, 3.63) is 28.3 Å². The summed E-state index contributed by atoms with van der Waals surface area (Å²) in [7, 11) is 0. The van der Waals surface area contributed by atoms with Gasteiger partial charge in [0.2, 0.25) is 11.2 Å². The molecular weight excluding hydrogens is 336 g/mol. The van der Waals surface area contributed by atoms with Crippen LogP contribution in [-0.4, -0.2) is 24.6 Å². The van der Waals surface area contributed by atoms with Gasteiger partial charge in [0.1, 0.15) is 12.0 Å². The zero-order valence-electron chi connectivity index (χ0n) is 12.3. The lowest BCUT2D eigenvalue weighted by atomic mass is 10.1. The third-order valence-corrected chi connectivity index (χ3v) is 4.15. The van der Waals surface area contributed by atoms with Crippen LogP contribution in [0, 0.1) is 0 Å². The van der Waals surface area contributed by atoms with Crippen molar-refractivity contribution in [2.45, 2.75) is 51.0 Å². The van der Waals surface area contributed by atoms with Crippen LogP contribution in [0.3, 0.4) is 0 Å². The van der Waals surface area contributed by atoms with E-state index in [9.17, 15) is 4.79 Å². The van der Waals surface area contributed by atoms with Crippen molar-refractivity contribution in [3.8, 4) is 5.75 Å². The summed E-state index contributed by atoms with van der Waals surface area (Å²) in [5, 5.41) is 1.01. The van der Waals surface area contributed by atoms with E-state index in [1.165, 1.54) is 18.8 Å². The van der Waals surface area contributed by atoms with Gasteiger partial charge in [-0.1, -0.05) is 15.9 Å². The van der Waals surface area contributed by atoms with E-state index in [1.807, 2.05) is 0 Å². The van der Waals surface area contributed by atoms with E-state index < -0.39 is 0 Å². The van der Waals surface area contributed by atoms with Crippen molar-refractivity contribution < 1.29 is 13.9 Å². The van der Waals surface area contributed by atoms with E-state index in [0.29, 0.717) is 24.5 Å². The van der Waals surface area contributed by atoms with Crippen molar-refractivity contribution in [1.29, 1.82) is 0 Å². The van der Waals surface area contributed by atoms with Gasteiger partial charge in [0, 0.05) is 24.4 Å². The second-order valence-electron chi connectivity index (χ2n) is 5.37. The van der Waals surface area contributed by atoms with Crippen molar-refractivity contribution in [1.82, 2.24) is 0 Å². The van der Waals surface area contributed by atoms with Crippen LogP contribution >= 0.6 is 15.9 Å². The predicted octanol–water partition coefficient (Wildman–Crippen LogP) is 3.70. The maximum absolute atomic E-state index is 12.0. The Bertz CT molecular complexity index is 466. The van der Waals surface area contributed by atoms with E-state index >= 15 is 0 Å². The maximum Gasteiger partial charge on any atom is 0.226 e. The molecule has 5 heteroatoms. The average Bonchev–Trinajstić information content (AvgIpc) is 2.50. The Balaban J connectivity index is 1.80. The standard InChI is InChI=1S/C16H23BrO4/c17-7-3-1-4-9-20-16-12-21-14(11-15(16)18)10-13-6-2-5-8-19-13/h11-13H,1-10H2. The lowest BCUT2D eigenvalue weighted by Crippen LogP contribution is -2.22. The lowest BCUT2D eigenvalue weighted by Gasteiger charge is -2.21. The zero-order valence-corrected chi connectivity index (χ0v) is 13.9. The molecule has 0 spiro atoms. The quantitative estimate of drug-likeness (QED) is 0.525. The van der Waals surface area contributed by atoms with Crippen LogP contribution in [0.1, 0.15) is 44.3 Å². The molecule has 118 valence electrons. The SMILES string of the molecule is O=c1cc(CC2CCCCO2)occ1OCCCCCBr. The molecule has 0 saturated carbocycles. The first-order valence-electron chi connectivity index (χ1n) is 7.71. The molecular formula is C16H23BrO4. The molecule has 0 aliphatic carbocycles. The monoisotopic (exact) mass is 358 g/mol. The van der Waals surface area contributed by atoms with Gasteiger partial charge in [-0.2, -0.15) is 0 Å². The molecule has 1 aromatic rings. The first kappa shape index (κ1) is 16.6. The number of ether oxygens (including phenoxy) is 2. The highest BCUT2D eigenvalue weighted by Crippen LogP contribution is 2.17. The van der Waals surface area contributed by atoms with Crippen LogP contribution < -0.4 is 10.2 Å². The molecule has 0 aromatic carbocycles. The highest BCUT2D eigenvalue weighted by Gasteiger charge is 2.16. The van der Waals surface area contributed by atoms with Crippen LogP contribution in [0.5, 0.6) is 5.75 Å². The van der Waals surface area contributed by atoms with Gasteiger partial charge in [-0.15, -0.1) is 0 Å². The molecule has 0 amide bonds. The normalized spacial score (nSPS) is 18.6. The van der Waals surface area contributed by atoms with E-state index in [4.69, 9.17) is 13.9 Å². The number of halogens is 1. The smallest absolute Gasteiger partial charge is 0.226 e. The second-order valence-corrected chi connectivity index (χ2v) is 6.16. The van der Waals surface area contributed by atoms with Gasteiger partial charge in [0.05, 0.1) is 12.7 Å². The number of rotatable bonds is 8. The van der Waals surface area contributed by atoms with Gasteiger partial charge in [-0.05, 0) is 38.5 Å². The summed E-state index contributed by atoms with van der Waals surface area (Å²) in [5.41, 5.74) is -0.104. The first-order valence-corrected chi connectivity index (χ1v) is 8.84. The second kappa shape index (κ2) is 9.26. The first-order chi connectivity index (χ1) is 10.3. The molecule has 1 atom stereocenters. The molecule has 1 fully saturated rings. The molecule has 0 bridgehead atoms. The Morgan fingerprint density at radius 2 is 2.19 bits per heavy atom. The zero-order chi connectivity index (χ0) is 14.9. The largest absolute Gasteiger partial charge is 0.487 e. The van der Waals surface area contributed by atoms with E-state index in [-0.39, 0.29) is 11.5 Å². The molecule has 1 aromatic heterocycles. The minimum atomic E-state index is -0.104. The third kappa shape index (κ3) is 5.83. The Morgan fingerprint density at radius 3 is 2.90 bits per heavy atom. The fourth-order valence-corrected chi connectivity index (χ4v) is 2.80. The summed E-state index contributed by atoms with van der Waals surface area (Å²) in [5.74, 6) is 0.987. The van der Waals surface area contributed by atoms with Gasteiger partial charge < -0.3 is 13.9 Å². The Morgan fingerprint density at radius 1 is 1.29 bits per heavy atom. The maximum atomic E-state index is 12.0. The topological polar surface area (TPSA) is 48.7 Å². The number of alkyl halides is 1. The van der Waals surface area contributed by atoms with Crippen molar-refractivity contribution in [3.63, 3.8) is 0 Å². The van der Waals surface area contributed by atoms with Crippen molar-refractivity contribution >= 4 is 15.9 Å². The molecule has 4 nitrogen and oxygen atoms in total. The minimum absolute atomic E-state index is 0.104. The summed E-state index contributed by atoms with van der Waals surface area (Å²) >= 11 is 3.39. The van der Waals surface area contributed by atoms with Crippen molar-refractivity contribution in [2.24, 2.45) is 0 Å². The molecule has 0 radical (unpaired) electrons. The summed E-state index contributed by atoms with van der Waals surface area (Å²) in [6.07, 6.45) is 8.79. The van der Waals surface area contributed by atoms with Crippen LogP contribution in [0.4, 0.5) is 0 Å². The fraction of sp³-hybridized carbons (Fsp3) is 0.688. The van der Waals surface area contributed by atoms with Crippen LogP contribution in [-0.2, 0) is 11.2 Å². The molecule has 1 unspecified atom stereocenters. The molecule has 2 rings (SSSR count). The summed E-state index contributed by atoms with van der Waals surface area (Å²) in [4.78, 5) is 12.0. The van der Waals surface area contributed by atoms with E-state index in [1.54, 1.807) is 0 Å². The highest BCUT2D eigenvalue weighted by molar-refractivity contribution is 9.09. The third-order valence-electron chi connectivity index (χ3n) is 3.59. The molecule has 21 heavy (non-hydrogen) atoms. The van der Waals surface area contributed by atoms with Gasteiger partial charge in [-0.25, -0.2) is 0 Å². The summed E-state index contributed by atoms with van der Waals surface area (Å²) < 4.78 is 16.6. The molecule has 1 saturated heterocycles.